The summed E-state index contributed by atoms with van der Waals surface area (Å²) >= 11 is 0. The number of hydrogen-bond donors (Lipinski definition) is 2. The molecule has 10 nitrogen and oxygen atoms in total. The number of benzene rings is 1. The summed E-state index contributed by atoms with van der Waals surface area (Å²) in [6.07, 6.45) is -0.761. The topological polar surface area (TPSA) is 120 Å². The third-order valence-electron chi connectivity index (χ3n) is 5.73. The molecule has 1 atom stereocenters. The Morgan fingerprint density at radius 3 is 2.23 bits per heavy atom. The van der Waals surface area contributed by atoms with Crippen LogP contribution < -0.4 is 10.0 Å². The Hall–Kier alpha value is -2.21. The van der Waals surface area contributed by atoms with E-state index in [2.05, 4.69) is 17.1 Å². The molecule has 1 amide bonds. The van der Waals surface area contributed by atoms with Crippen LogP contribution in [0, 0.1) is 20.8 Å². The predicted octanol–water partition coefficient (Wildman–Crippen LogP) is 1.80. The standard InChI is InChI=1S/C24H39N3O7S/c1-17-14-18(2)21(19(3)15-17)35(30,31)26-20(16-25-23(29)34-24(4,5)6)22(28)33-13-10-27(7)8-11-32-12-9-27/h14-15,20,26H,8-13,16H2,1-7H3/p+1. The number of sulfonamides is 1. The van der Waals surface area contributed by atoms with Gasteiger partial charge < -0.3 is 24.0 Å². The summed E-state index contributed by atoms with van der Waals surface area (Å²) in [4.78, 5) is 25.2. The zero-order valence-corrected chi connectivity index (χ0v) is 22.7. The summed E-state index contributed by atoms with van der Waals surface area (Å²) < 4.78 is 45.7. The normalized spacial score (nSPS) is 16.9. The van der Waals surface area contributed by atoms with Crippen LogP contribution in [-0.2, 0) is 29.0 Å². The van der Waals surface area contributed by atoms with Crippen LogP contribution in [0.5, 0.6) is 0 Å². The van der Waals surface area contributed by atoms with Gasteiger partial charge in [0.25, 0.3) is 0 Å². The lowest BCUT2D eigenvalue weighted by Crippen LogP contribution is -2.54. The van der Waals surface area contributed by atoms with Crippen LogP contribution in [0.2, 0.25) is 0 Å². The lowest BCUT2D eigenvalue weighted by molar-refractivity contribution is -0.917. The minimum atomic E-state index is -4.09. The van der Waals surface area contributed by atoms with Gasteiger partial charge >= 0.3 is 12.1 Å². The van der Waals surface area contributed by atoms with E-state index >= 15 is 0 Å². The molecule has 1 aromatic carbocycles. The summed E-state index contributed by atoms with van der Waals surface area (Å²) in [6.45, 7) is 13.7. The van der Waals surface area contributed by atoms with Gasteiger partial charge in [-0.3, -0.25) is 4.79 Å². The summed E-state index contributed by atoms with van der Waals surface area (Å²) in [7, 11) is -2.03. The number of nitrogens with zero attached hydrogens (tertiary/aromatic N) is 1. The van der Waals surface area contributed by atoms with E-state index in [1.165, 1.54) is 0 Å². The zero-order valence-electron chi connectivity index (χ0n) is 21.9. The first-order chi connectivity index (χ1) is 16.1. The molecule has 1 aromatic rings. The molecule has 0 saturated carbocycles. The molecular formula is C24H40N3O7S+. The van der Waals surface area contributed by atoms with Gasteiger partial charge in [-0.05, 0) is 52.7 Å². The van der Waals surface area contributed by atoms with E-state index in [4.69, 9.17) is 14.2 Å². The number of carbonyl (C=O) groups is 2. The first-order valence-electron chi connectivity index (χ1n) is 11.8. The van der Waals surface area contributed by atoms with Gasteiger partial charge in [-0.2, -0.15) is 4.72 Å². The number of carbonyl (C=O) groups excluding carboxylic acids is 2. The second-order valence-electron chi connectivity index (χ2n) is 10.4. The van der Waals surface area contributed by atoms with Gasteiger partial charge in [-0.15, -0.1) is 0 Å². The number of hydrogen-bond acceptors (Lipinski definition) is 7. The van der Waals surface area contributed by atoms with E-state index in [9.17, 15) is 18.0 Å². The van der Waals surface area contributed by atoms with Crippen molar-refractivity contribution in [1.29, 1.82) is 0 Å². The molecular weight excluding hydrogens is 474 g/mol. The second-order valence-corrected chi connectivity index (χ2v) is 12.0. The Morgan fingerprint density at radius 2 is 1.69 bits per heavy atom. The molecule has 0 aromatic heterocycles. The van der Waals surface area contributed by atoms with E-state index in [-0.39, 0.29) is 18.0 Å². The number of morpholine rings is 1. The monoisotopic (exact) mass is 514 g/mol. The van der Waals surface area contributed by atoms with Gasteiger partial charge in [0, 0.05) is 6.54 Å². The van der Waals surface area contributed by atoms with Crippen molar-refractivity contribution in [2.45, 2.75) is 58.1 Å². The predicted molar refractivity (Wildman–Crippen MR) is 132 cm³/mol. The summed E-state index contributed by atoms with van der Waals surface area (Å²) in [5.74, 6) is -0.771. The van der Waals surface area contributed by atoms with Gasteiger partial charge in [-0.25, -0.2) is 13.2 Å². The van der Waals surface area contributed by atoms with E-state index < -0.39 is 33.7 Å². The van der Waals surface area contributed by atoms with Crippen LogP contribution >= 0.6 is 0 Å². The van der Waals surface area contributed by atoms with E-state index in [1.807, 2.05) is 6.92 Å². The van der Waals surface area contributed by atoms with Gasteiger partial charge in [0.2, 0.25) is 10.0 Å². The molecule has 0 aliphatic carbocycles. The summed E-state index contributed by atoms with van der Waals surface area (Å²) in [5.41, 5.74) is 1.31. The molecule has 1 fully saturated rings. The van der Waals surface area contributed by atoms with E-state index in [0.29, 0.717) is 35.4 Å². The number of amides is 1. The van der Waals surface area contributed by atoms with Crippen molar-refractivity contribution in [2.24, 2.45) is 0 Å². The smallest absolute Gasteiger partial charge is 0.407 e. The first kappa shape index (κ1) is 29.0. The van der Waals surface area contributed by atoms with Crippen molar-refractivity contribution in [3.63, 3.8) is 0 Å². The van der Waals surface area contributed by atoms with Crippen LogP contribution in [-0.4, -0.2) is 89.7 Å². The molecule has 0 bridgehead atoms. The minimum Gasteiger partial charge on any atom is -0.458 e. The average molecular weight is 515 g/mol. The number of ether oxygens (including phenoxy) is 3. The van der Waals surface area contributed by atoms with Crippen molar-refractivity contribution in [3.05, 3.63) is 28.8 Å². The molecule has 1 heterocycles. The Kier molecular flexibility index (Phi) is 9.69. The van der Waals surface area contributed by atoms with Crippen molar-refractivity contribution in [2.75, 3.05) is 53.0 Å². The van der Waals surface area contributed by atoms with Crippen LogP contribution in [0.3, 0.4) is 0 Å². The number of likely N-dealkylation sites (N-methyl/N-ethyl adjacent to an activating group) is 1. The molecule has 11 heteroatoms. The SMILES string of the molecule is Cc1cc(C)c(S(=O)(=O)NC(CNC(=O)OC(C)(C)C)C(=O)OCC[N+]2(C)CCOCC2)c(C)c1. The molecule has 1 saturated heterocycles. The van der Waals surface area contributed by atoms with Gasteiger partial charge in [0.15, 0.2) is 0 Å². The van der Waals surface area contributed by atoms with Gasteiger partial charge in [0.1, 0.15) is 37.9 Å². The summed E-state index contributed by atoms with van der Waals surface area (Å²) in [6, 6.07) is 2.20. The molecule has 2 rings (SSSR count). The zero-order chi connectivity index (χ0) is 26.4. The third kappa shape index (κ3) is 9.06. The minimum absolute atomic E-state index is 0.101. The second kappa shape index (κ2) is 11.7. The van der Waals surface area contributed by atoms with Gasteiger partial charge in [-0.1, -0.05) is 17.7 Å². The van der Waals surface area contributed by atoms with Crippen LogP contribution in [0.15, 0.2) is 17.0 Å². The van der Waals surface area contributed by atoms with Crippen molar-refractivity contribution in [1.82, 2.24) is 10.0 Å². The fraction of sp³-hybridized carbons (Fsp3) is 0.667. The van der Waals surface area contributed by atoms with Crippen LogP contribution in [0.1, 0.15) is 37.5 Å². The highest BCUT2D eigenvalue weighted by atomic mass is 32.2. The number of quaternary nitrogens is 1. The van der Waals surface area contributed by atoms with Crippen LogP contribution in [0.4, 0.5) is 4.79 Å². The molecule has 1 aliphatic rings. The Morgan fingerprint density at radius 1 is 1.11 bits per heavy atom. The fourth-order valence-corrected chi connectivity index (χ4v) is 5.62. The molecule has 1 aliphatic heterocycles. The van der Waals surface area contributed by atoms with Crippen molar-refractivity contribution >= 4 is 22.1 Å². The Labute approximate surface area is 208 Å². The highest BCUT2D eigenvalue weighted by Gasteiger charge is 2.31. The summed E-state index contributed by atoms with van der Waals surface area (Å²) in [5, 5.41) is 2.47. The number of esters is 1. The molecule has 35 heavy (non-hydrogen) atoms. The molecule has 198 valence electrons. The number of alkyl carbamates (subject to hydrolysis) is 1. The first-order valence-corrected chi connectivity index (χ1v) is 13.3. The molecule has 0 spiro atoms. The highest BCUT2D eigenvalue weighted by Crippen LogP contribution is 2.22. The number of aryl methyl sites for hydroxylation is 3. The lowest BCUT2D eigenvalue weighted by atomic mass is 10.1. The lowest BCUT2D eigenvalue weighted by Gasteiger charge is -2.37. The van der Waals surface area contributed by atoms with E-state index in [0.717, 1.165) is 18.7 Å². The van der Waals surface area contributed by atoms with E-state index in [1.54, 1.807) is 46.8 Å². The third-order valence-corrected chi connectivity index (χ3v) is 7.51. The fourth-order valence-electron chi connectivity index (χ4n) is 3.98. The van der Waals surface area contributed by atoms with Crippen molar-refractivity contribution < 1.29 is 36.7 Å². The number of nitrogens with one attached hydrogen (secondary N) is 2. The Bertz CT molecular complexity index is 989. The maximum atomic E-state index is 13.3. The quantitative estimate of drug-likeness (QED) is 0.381. The van der Waals surface area contributed by atoms with Gasteiger partial charge in [0.05, 0.1) is 25.2 Å². The average Bonchev–Trinajstić information content (AvgIpc) is 2.69. The van der Waals surface area contributed by atoms with Crippen LogP contribution in [0.25, 0.3) is 0 Å². The number of rotatable bonds is 9. The highest BCUT2D eigenvalue weighted by molar-refractivity contribution is 7.89. The maximum Gasteiger partial charge on any atom is 0.407 e. The molecule has 2 N–H and O–H groups in total. The largest absolute Gasteiger partial charge is 0.458 e. The molecule has 1 unspecified atom stereocenters. The molecule has 0 radical (unpaired) electrons. The van der Waals surface area contributed by atoms with Crippen molar-refractivity contribution in [3.8, 4) is 0 Å². The maximum absolute atomic E-state index is 13.3. The Balaban J connectivity index is 2.16.